The number of para-hydroxylation sites is 2. The van der Waals surface area contributed by atoms with E-state index in [2.05, 4.69) is 16.9 Å². The average Bonchev–Trinajstić information content (AvgIpc) is 3.31. The summed E-state index contributed by atoms with van der Waals surface area (Å²) >= 11 is 1.10. The van der Waals surface area contributed by atoms with Crippen LogP contribution >= 0.6 is 11.3 Å². The Morgan fingerprint density at radius 3 is 2.77 bits per heavy atom. The maximum Gasteiger partial charge on any atom is 0.266 e. The molecular weight excluding hydrogens is 532 g/mol. The molecule has 3 heterocycles. The summed E-state index contributed by atoms with van der Waals surface area (Å²) in [7, 11) is 1.51. The molecule has 1 aliphatic rings. The van der Waals surface area contributed by atoms with Gasteiger partial charge in [-0.05, 0) is 49.7 Å². The summed E-state index contributed by atoms with van der Waals surface area (Å²) in [6, 6.07) is 10.9. The first kappa shape index (κ1) is 26.8. The highest BCUT2D eigenvalue weighted by Gasteiger charge is 2.28. The average molecular weight is 559 g/mol. The minimum atomic E-state index is -0.902. The monoisotopic (exact) mass is 558 g/mol. The Balaban J connectivity index is 1.46. The highest BCUT2D eigenvalue weighted by Crippen LogP contribution is 2.34. The lowest BCUT2D eigenvalue weighted by Crippen LogP contribution is -2.39. The van der Waals surface area contributed by atoms with Gasteiger partial charge in [-0.2, -0.15) is 0 Å². The van der Waals surface area contributed by atoms with Gasteiger partial charge in [-0.3, -0.25) is 23.7 Å². The Morgan fingerprint density at radius 2 is 2.02 bits per heavy atom. The second-order valence-electron chi connectivity index (χ2n) is 9.15. The number of benzene rings is 2. The lowest BCUT2D eigenvalue weighted by Gasteiger charge is -2.29. The maximum absolute atomic E-state index is 13.6. The molecule has 0 radical (unpaired) electrons. The third-order valence-electron chi connectivity index (χ3n) is 6.73. The lowest BCUT2D eigenvalue weighted by atomic mass is 10.0. The number of ketones is 1. The molecule has 0 saturated heterocycles. The zero-order valence-electron chi connectivity index (χ0n) is 22.1. The van der Waals surface area contributed by atoms with Crippen molar-refractivity contribution < 1.29 is 23.9 Å². The number of aromatic nitrogens is 2. The number of fused-ring (bicyclic) bond motifs is 2. The summed E-state index contributed by atoms with van der Waals surface area (Å²) in [4.78, 5) is 59.2. The number of rotatable bonds is 8. The van der Waals surface area contributed by atoms with Crippen LogP contribution in [0.1, 0.15) is 38.6 Å². The van der Waals surface area contributed by atoms with E-state index in [1.165, 1.54) is 22.9 Å². The van der Waals surface area contributed by atoms with Crippen molar-refractivity contribution in [2.45, 2.75) is 19.9 Å². The fraction of sp³-hybridized carbons (Fsp3) is 0.207. The van der Waals surface area contributed by atoms with Crippen LogP contribution in [-0.4, -0.2) is 47.4 Å². The molecule has 2 amide bonds. The smallest absolute Gasteiger partial charge is 0.266 e. The number of hydrogen-bond acceptors (Lipinski definition) is 8. The van der Waals surface area contributed by atoms with E-state index < -0.39 is 17.5 Å². The molecule has 0 spiro atoms. The molecule has 10 nitrogen and oxygen atoms in total. The van der Waals surface area contributed by atoms with Crippen LogP contribution in [0.5, 0.6) is 11.5 Å². The molecule has 1 N–H and O–H groups in total. The highest BCUT2D eigenvalue weighted by atomic mass is 32.1. The standard InChI is InChI=1S/C29H26N4O6S/c1-5-12-32-20-13-18(10-11-22(20)39-14-23(32)34)25(35)17(3)33-15-30-28-24(29(33)37)16(2)26(40-28)27(36)31-19-8-6-7-9-21(19)38-4/h5-11,13,15,17H,1,12,14H2,2-4H3,(H,31,36). The molecule has 0 aliphatic carbocycles. The van der Waals surface area contributed by atoms with Crippen LogP contribution in [0.2, 0.25) is 0 Å². The van der Waals surface area contributed by atoms with Crippen molar-refractivity contribution in [3.8, 4) is 11.5 Å². The van der Waals surface area contributed by atoms with Gasteiger partial charge < -0.3 is 19.7 Å². The molecule has 1 unspecified atom stereocenters. The van der Waals surface area contributed by atoms with Crippen molar-refractivity contribution in [1.82, 2.24) is 9.55 Å². The van der Waals surface area contributed by atoms with Gasteiger partial charge in [0.05, 0.1) is 41.1 Å². The van der Waals surface area contributed by atoms with Gasteiger partial charge in [0, 0.05) is 12.1 Å². The molecule has 204 valence electrons. The number of nitrogens with one attached hydrogen (secondary N) is 1. The van der Waals surface area contributed by atoms with E-state index in [1.54, 1.807) is 62.4 Å². The SMILES string of the molecule is C=CCN1C(=O)COc2ccc(C(=O)C(C)n3cnc4sc(C(=O)Nc5ccccc5OC)c(C)c4c3=O)cc21. The van der Waals surface area contributed by atoms with Crippen LogP contribution in [-0.2, 0) is 4.79 Å². The predicted octanol–water partition coefficient (Wildman–Crippen LogP) is 4.38. The van der Waals surface area contributed by atoms with Gasteiger partial charge in [0.15, 0.2) is 12.4 Å². The first-order valence-corrected chi connectivity index (χ1v) is 13.2. The molecule has 0 fully saturated rings. The van der Waals surface area contributed by atoms with Gasteiger partial charge in [-0.1, -0.05) is 18.2 Å². The fourth-order valence-electron chi connectivity index (χ4n) is 4.61. The van der Waals surface area contributed by atoms with Crippen LogP contribution in [0.4, 0.5) is 11.4 Å². The van der Waals surface area contributed by atoms with E-state index in [4.69, 9.17) is 9.47 Å². The third-order valence-corrected chi connectivity index (χ3v) is 7.93. The number of carbonyl (C=O) groups excluding carboxylic acids is 3. The number of hydrogen-bond donors (Lipinski definition) is 1. The van der Waals surface area contributed by atoms with Crippen molar-refractivity contribution in [2.75, 3.05) is 30.5 Å². The van der Waals surface area contributed by atoms with E-state index >= 15 is 0 Å². The van der Waals surface area contributed by atoms with Gasteiger partial charge in [0.25, 0.3) is 17.4 Å². The number of methoxy groups -OCH3 is 1. The molecule has 5 rings (SSSR count). The number of aryl methyl sites for hydroxylation is 1. The zero-order chi connectivity index (χ0) is 28.6. The lowest BCUT2D eigenvalue weighted by molar-refractivity contribution is -0.121. The quantitative estimate of drug-likeness (QED) is 0.252. The van der Waals surface area contributed by atoms with Crippen LogP contribution < -0.4 is 25.2 Å². The largest absolute Gasteiger partial charge is 0.495 e. The molecule has 2 aromatic heterocycles. The van der Waals surface area contributed by atoms with E-state index in [0.29, 0.717) is 43.7 Å². The van der Waals surface area contributed by atoms with Crippen LogP contribution in [0, 0.1) is 6.92 Å². The summed E-state index contributed by atoms with van der Waals surface area (Å²) in [5, 5.41) is 3.10. The first-order chi connectivity index (χ1) is 19.2. The molecule has 40 heavy (non-hydrogen) atoms. The number of anilines is 2. The summed E-state index contributed by atoms with van der Waals surface area (Å²) < 4.78 is 12.1. The van der Waals surface area contributed by atoms with Gasteiger partial charge in [-0.15, -0.1) is 17.9 Å². The van der Waals surface area contributed by atoms with Gasteiger partial charge >= 0.3 is 0 Å². The third kappa shape index (κ3) is 4.64. The number of ether oxygens (including phenoxy) is 2. The Bertz CT molecular complexity index is 1740. The number of nitrogens with zero attached hydrogens (tertiary/aromatic N) is 3. The Morgan fingerprint density at radius 1 is 1.25 bits per heavy atom. The Labute approximate surface area is 233 Å². The van der Waals surface area contributed by atoms with Gasteiger partial charge in [0.1, 0.15) is 16.3 Å². The van der Waals surface area contributed by atoms with Crippen molar-refractivity contribution in [1.29, 1.82) is 0 Å². The maximum atomic E-state index is 13.6. The first-order valence-electron chi connectivity index (χ1n) is 12.4. The van der Waals surface area contributed by atoms with E-state index in [-0.39, 0.29) is 30.2 Å². The fourth-order valence-corrected chi connectivity index (χ4v) is 5.64. The summed E-state index contributed by atoms with van der Waals surface area (Å²) in [5.41, 5.74) is 1.32. The minimum absolute atomic E-state index is 0.0927. The van der Waals surface area contributed by atoms with Crippen LogP contribution in [0.3, 0.4) is 0 Å². The molecular formula is C29H26N4O6S. The number of thiophene rings is 1. The van der Waals surface area contributed by atoms with Crippen molar-refractivity contribution in [2.24, 2.45) is 0 Å². The summed E-state index contributed by atoms with van der Waals surface area (Å²) in [6.45, 7) is 7.16. The minimum Gasteiger partial charge on any atom is -0.495 e. The predicted molar refractivity (Wildman–Crippen MR) is 153 cm³/mol. The van der Waals surface area contributed by atoms with Crippen molar-refractivity contribution in [3.63, 3.8) is 0 Å². The van der Waals surface area contributed by atoms with Gasteiger partial charge in [-0.25, -0.2) is 4.98 Å². The second-order valence-corrected chi connectivity index (χ2v) is 10.2. The molecule has 4 aromatic rings. The van der Waals surface area contributed by atoms with Crippen molar-refractivity contribution in [3.05, 3.63) is 87.8 Å². The van der Waals surface area contributed by atoms with Crippen molar-refractivity contribution >= 4 is 50.5 Å². The molecule has 0 bridgehead atoms. The van der Waals surface area contributed by atoms with Crippen LogP contribution in [0.15, 0.2) is 66.2 Å². The highest BCUT2D eigenvalue weighted by molar-refractivity contribution is 7.20. The molecule has 0 saturated carbocycles. The Hall–Kier alpha value is -4.77. The second kappa shape index (κ2) is 10.8. The molecule has 2 aromatic carbocycles. The zero-order valence-corrected chi connectivity index (χ0v) is 22.9. The van der Waals surface area contributed by atoms with Gasteiger partial charge in [0.2, 0.25) is 0 Å². The summed E-state index contributed by atoms with van der Waals surface area (Å²) in [6.07, 6.45) is 2.92. The number of Topliss-reactive ketones (excluding diaryl/α,β-unsaturated/α-hetero) is 1. The topological polar surface area (TPSA) is 120 Å². The molecule has 1 atom stereocenters. The number of carbonyl (C=O) groups is 3. The number of amides is 2. The van der Waals surface area contributed by atoms with E-state index in [1.807, 2.05) is 0 Å². The summed E-state index contributed by atoms with van der Waals surface area (Å²) in [5.74, 6) is 0.0147. The van der Waals surface area contributed by atoms with Crippen LogP contribution in [0.25, 0.3) is 10.2 Å². The van der Waals surface area contributed by atoms with E-state index in [0.717, 1.165) is 11.3 Å². The van der Waals surface area contributed by atoms with E-state index in [9.17, 15) is 19.2 Å². The Kier molecular flexibility index (Phi) is 7.22. The molecule has 11 heteroatoms. The normalized spacial score (nSPS) is 13.4. The molecule has 1 aliphatic heterocycles.